The average molecular weight is 2160 g/mol. The summed E-state index contributed by atoms with van der Waals surface area (Å²) in [6, 6.07) is -3.24. The molecule has 0 radical (unpaired) electrons. The molecule has 8 fully saturated rings. The minimum absolute atomic E-state index is 0.0463. The van der Waals surface area contributed by atoms with Gasteiger partial charge in [0.1, 0.15) is 97.7 Å². The molecular formula is C104H184N4O42. The third-order valence-electron chi connectivity index (χ3n) is 32.3. The molecule has 0 aromatic heterocycles. The van der Waals surface area contributed by atoms with Crippen molar-refractivity contribution in [3.63, 3.8) is 0 Å². The molecule has 0 saturated carbocycles. The number of hydrogen-bond donors (Lipinski definition) is 27. The summed E-state index contributed by atoms with van der Waals surface area (Å²) >= 11 is 0. The summed E-state index contributed by atoms with van der Waals surface area (Å²) in [5.74, 6) is -10.8. The number of carbonyl (C=O) groups excluding carboxylic acids is 3. The van der Waals surface area contributed by atoms with Crippen LogP contribution in [0.25, 0.3) is 0 Å². The zero-order chi connectivity index (χ0) is 112. The van der Waals surface area contributed by atoms with Gasteiger partial charge >= 0.3 is 5.97 Å². The number of amides is 2. The fraction of sp³-hybridized carbons (Fsp3) is 0.913. The molecule has 872 valence electrons. The Balaban J connectivity index is 1.02. The number of allylic oxidation sites excluding steroid dienone is 2. The smallest absolute Gasteiger partial charge is 0.312 e. The van der Waals surface area contributed by atoms with Crippen LogP contribution in [-0.4, -0.2) is 441 Å². The van der Waals surface area contributed by atoms with Crippen molar-refractivity contribution in [3.8, 4) is 0 Å². The SMILES string of the molecule is CCC1C(=O)OC(CC(O)CCCCC(C)C(O)C(C)CCC(O)C(C)C(C)O[C@H]2C[C@](C)(N)[C@H](O)[C@H](C)O2)C(C)/C=C/C=C/C(O)C(C)C(O)CC(O)CC(O[C@@H]2O[C@H](CO)[C@@H](O)[C@H](O)[C@H]2O)C(C)C2CC(O)C(O)C(O)(CC(O[C@@H]3O[C@H](C)[C@@H](O[C@@H]4O[C@H](C)[C@@H](O)[C@H](O[C@H]5C[C@@H](NC(C)=O)[C@H](O)[C@@H](C)O5)[C@H]4O)[C@H](O[C@H]4C[C@@H](NC(C)=O)[C@H](O)[C@@H](C)O4)[C@H]3O[C@@H]3O[C@H](C)[C@@H](N)[C@H](O)[C@H]3O)C(C)CCC(O)CC(O)C/C=C/C1O)O2. The van der Waals surface area contributed by atoms with Crippen molar-refractivity contribution in [1.29, 1.82) is 0 Å². The number of carbonyl (C=O) groups is 3. The van der Waals surface area contributed by atoms with Gasteiger partial charge in [0, 0.05) is 88.0 Å². The molecule has 29 N–H and O–H groups in total. The first-order valence-corrected chi connectivity index (χ1v) is 54.1. The molecule has 0 aliphatic carbocycles. The van der Waals surface area contributed by atoms with Gasteiger partial charge in [-0.3, -0.25) is 14.4 Å². The summed E-state index contributed by atoms with van der Waals surface area (Å²) in [6.07, 6.45) is -56.6. The molecule has 9 heterocycles. The minimum Gasteiger partial charge on any atom is -0.461 e. The van der Waals surface area contributed by atoms with Crippen molar-refractivity contribution in [3.05, 3.63) is 36.5 Å². The maximum Gasteiger partial charge on any atom is 0.312 e. The van der Waals surface area contributed by atoms with E-state index < -0.39 is 379 Å². The third kappa shape index (κ3) is 35.3. The van der Waals surface area contributed by atoms with Crippen molar-refractivity contribution < 1.29 is 208 Å². The Bertz CT molecular complexity index is 4070. The highest BCUT2D eigenvalue weighted by atomic mass is 16.8. The van der Waals surface area contributed by atoms with Gasteiger partial charge in [-0.15, -0.1) is 0 Å². The molecule has 2 bridgehead atoms. The highest BCUT2D eigenvalue weighted by molar-refractivity contribution is 5.74. The van der Waals surface area contributed by atoms with Gasteiger partial charge in [0.15, 0.2) is 49.8 Å². The number of hydrogen-bond acceptors (Lipinski definition) is 44. The van der Waals surface area contributed by atoms with Gasteiger partial charge in [0.2, 0.25) is 11.8 Å². The first-order chi connectivity index (χ1) is 70.3. The summed E-state index contributed by atoms with van der Waals surface area (Å²) in [6.45, 7) is 27.9. The van der Waals surface area contributed by atoms with Crippen LogP contribution < -0.4 is 22.1 Å². The zero-order valence-electron chi connectivity index (χ0n) is 90.1. The molecular weight excluding hydrogens is 1980 g/mol. The highest BCUT2D eigenvalue weighted by Crippen LogP contribution is 2.45. The Kier molecular flexibility index (Phi) is 50.8. The second kappa shape index (κ2) is 58.9. The summed E-state index contributed by atoms with van der Waals surface area (Å²) in [5, 5.41) is 275. The van der Waals surface area contributed by atoms with E-state index in [9.17, 15) is 132 Å². The number of cyclic esters (lactones) is 1. The van der Waals surface area contributed by atoms with E-state index in [1.165, 1.54) is 86.6 Å². The Morgan fingerprint density at radius 3 is 1.66 bits per heavy atom. The zero-order valence-corrected chi connectivity index (χ0v) is 90.1. The Labute approximate surface area is 880 Å². The predicted molar refractivity (Wildman–Crippen MR) is 532 cm³/mol. The maximum atomic E-state index is 14.5. The van der Waals surface area contributed by atoms with Gasteiger partial charge in [-0.1, -0.05) is 105 Å². The number of nitrogens with one attached hydrogen (secondary N) is 2. The van der Waals surface area contributed by atoms with E-state index in [0.29, 0.717) is 32.1 Å². The molecule has 57 atom stereocenters. The normalized spacial score (nSPS) is 46.8. The Hall–Kier alpha value is -3.97. The van der Waals surface area contributed by atoms with Crippen LogP contribution in [0.15, 0.2) is 36.5 Å². The van der Waals surface area contributed by atoms with E-state index in [-0.39, 0.29) is 82.0 Å². The van der Waals surface area contributed by atoms with Crippen molar-refractivity contribution in [2.75, 3.05) is 6.61 Å². The molecule has 0 aromatic carbocycles. The lowest BCUT2D eigenvalue weighted by molar-refractivity contribution is -0.405. The maximum absolute atomic E-state index is 14.5. The molecule has 46 nitrogen and oxygen atoms in total. The van der Waals surface area contributed by atoms with E-state index in [2.05, 4.69) is 10.6 Å². The lowest BCUT2D eigenvalue weighted by Crippen LogP contribution is -2.68. The fourth-order valence-corrected chi connectivity index (χ4v) is 21.7. The monoisotopic (exact) mass is 2160 g/mol. The third-order valence-corrected chi connectivity index (χ3v) is 32.3. The second-order valence-corrected chi connectivity index (χ2v) is 44.8. The molecule has 25 unspecified atom stereocenters. The first-order valence-electron chi connectivity index (χ1n) is 54.1. The summed E-state index contributed by atoms with van der Waals surface area (Å²) in [4.78, 5) is 39.7. The van der Waals surface area contributed by atoms with E-state index in [4.69, 9.17) is 87.3 Å². The van der Waals surface area contributed by atoms with Crippen molar-refractivity contribution in [1.82, 2.24) is 10.6 Å². The van der Waals surface area contributed by atoms with Crippen molar-refractivity contribution in [2.45, 2.75) is 546 Å². The topological polar surface area (TPSA) is 740 Å². The number of aliphatic hydroxyl groups excluding tert-OH is 22. The second-order valence-electron chi connectivity index (χ2n) is 44.8. The number of ether oxygens (including phenoxy) is 16. The van der Waals surface area contributed by atoms with Gasteiger partial charge in [-0.2, -0.15) is 0 Å². The molecule has 150 heavy (non-hydrogen) atoms. The van der Waals surface area contributed by atoms with E-state index in [1.54, 1.807) is 46.8 Å². The molecule has 0 spiro atoms. The van der Waals surface area contributed by atoms with Gasteiger partial charge < -0.3 is 215 Å². The molecule has 0 aromatic rings. The number of nitrogens with two attached hydrogens (primary N) is 2. The molecule has 9 aliphatic rings. The van der Waals surface area contributed by atoms with Crippen LogP contribution in [-0.2, 0) is 90.2 Å². The first kappa shape index (κ1) is 129. The van der Waals surface area contributed by atoms with E-state index in [1.807, 2.05) is 27.7 Å². The molecule has 46 heteroatoms. The Morgan fingerprint density at radius 1 is 0.493 bits per heavy atom. The van der Waals surface area contributed by atoms with E-state index in [0.717, 1.165) is 0 Å². The molecule has 9 aliphatic heterocycles. The van der Waals surface area contributed by atoms with Crippen LogP contribution in [0, 0.1) is 47.3 Å². The number of rotatable bonds is 32. The van der Waals surface area contributed by atoms with Crippen LogP contribution in [0.1, 0.15) is 247 Å². The van der Waals surface area contributed by atoms with Crippen LogP contribution in [0.3, 0.4) is 0 Å². The van der Waals surface area contributed by atoms with E-state index >= 15 is 0 Å². The number of fused-ring (bicyclic) bond motifs is 2. The largest absolute Gasteiger partial charge is 0.461 e. The van der Waals surface area contributed by atoms with Gasteiger partial charge in [-0.05, 0) is 137 Å². The lowest BCUT2D eigenvalue weighted by atomic mass is 9.82. The van der Waals surface area contributed by atoms with Crippen LogP contribution >= 0.6 is 0 Å². The van der Waals surface area contributed by atoms with Gasteiger partial charge in [0.25, 0.3) is 0 Å². The molecule has 9 rings (SSSR count). The van der Waals surface area contributed by atoms with Gasteiger partial charge in [-0.25, -0.2) is 0 Å². The predicted octanol–water partition coefficient (Wildman–Crippen LogP) is -2.30. The molecule has 8 saturated heterocycles. The van der Waals surface area contributed by atoms with Crippen molar-refractivity contribution in [2.24, 2.45) is 58.8 Å². The Morgan fingerprint density at radius 2 is 1.05 bits per heavy atom. The standard InChI is InChI=1S/C104H184N4O42/c1-19-65-70(118)30-24-28-61(112)35-63(114)33-31-46(3)76(144-102-95(149-99-89(128)87(126)81(105)53(10)139-99)94(147-79-40-67(108-60(17)111)84(123)55(12)137-79)92(57(14)141-102)148-101-91(130)93(85(124)56(13)140-101)146-78-39-66(107-59(16)110)83(122)54(11)136-78)42-104(134)97(132)72(120)41-75(150-104)51(8)74(143-100-90(129)88(127)86(125)77(44-109)145-100)38-64(115)36-71(119)50(7)68(116)29-23-21-25-45(2)73(142-98(65)133)37-62(113)27-22-20-26-47(4)82(121)48(5)32-34-69(117)49(6)52(9)135-80-43-103(18,106)96(131)58(15)138-80/h21,23-25,29-30,45-58,61-97,99-102,109,112-132,134H,19-20,22,26-28,31-44,105-106H2,1-18H3,(H,107,110)(H,108,111)/b25-21+,29-23+,30-24+/t45?,46?,47?,48?,49?,50?,51?,52?,53-,54-,55-,56-,57-,58+,61?,62?,63?,64?,65?,66-,67-,68?,69?,70?,71?,72?,73?,74?,75?,76?,77-,78+,79+,80-,81-,82?,83-,84-,85-,86-,87+,88+,89-,90-,91-,92-,93+,94+,95-,96-,97?,99+,100-,101+,102+,103+,104?/m1/s1. The van der Waals surface area contributed by atoms with Crippen LogP contribution in [0.5, 0.6) is 0 Å². The fourth-order valence-electron chi connectivity index (χ4n) is 21.7. The van der Waals surface area contributed by atoms with Crippen molar-refractivity contribution >= 4 is 17.8 Å². The average Bonchev–Trinajstić information content (AvgIpc) is 0.765. The van der Waals surface area contributed by atoms with Gasteiger partial charge in [0.05, 0.1) is 159 Å². The highest BCUT2D eigenvalue weighted by Gasteiger charge is 2.60. The van der Waals surface area contributed by atoms with Crippen LogP contribution in [0.2, 0.25) is 0 Å². The quantitative estimate of drug-likeness (QED) is 0.0191. The summed E-state index contributed by atoms with van der Waals surface area (Å²) < 4.78 is 103. The molecule has 2 amide bonds. The summed E-state index contributed by atoms with van der Waals surface area (Å²) in [7, 11) is 0. The summed E-state index contributed by atoms with van der Waals surface area (Å²) in [5.41, 5.74) is 11.8. The number of aliphatic hydroxyl groups is 23. The minimum atomic E-state index is -3.01. The van der Waals surface area contributed by atoms with Crippen LogP contribution in [0.4, 0.5) is 0 Å². The number of esters is 1. The number of unbranched alkanes of at least 4 members (excludes halogenated alkanes) is 1. The lowest BCUT2D eigenvalue weighted by Gasteiger charge is -2.52.